The average molecular weight is 388 g/mol. The van der Waals surface area contributed by atoms with E-state index in [9.17, 15) is 4.79 Å². The molecule has 146 valence electrons. The molecular weight excluding hydrogens is 368 g/mol. The molecule has 0 spiro atoms. The lowest BCUT2D eigenvalue weighted by molar-refractivity contribution is 0.487. The van der Waals surface area contributed by atoms with Crippen molar-refractivity contribution in [2.45, 2.75) is 32.4 Å². The SMILES string of the molecule is Cc1cc(N2CCCC2Cn2nc(-c3cccnc3)ccc2=O)n2ncnc2n1. The van der Waals surface area contributed by atoms with Crippen molar-refractivity contribution in [2.75, 3.05) is 11.4 Å². The van der Waals surface area contributed by atoms with Gasteiger partial charge in [-0.1, -0.05) is 0 Å². The third kappa shape index (κ3) is 3.24. The van der Waals surface area contributed by atoms with Crippen LogP contribution in [0.4, 0.5) is 5.82 Å². The van der Waals surface area contributed by atoms with Crippen molar-refractivity contribution < 1.29 is 0 Å². The first-order valence-electron chi connectivity index (χ1n) is 9.61. The lowest BCUT2D eigenvalue weighted by atomic mass is 10.2. The van der Waals surface area contributed by atoms with Gasteiger partial charge in [0.05, 0.1) is 18.3 Å². The Morgan fingerprint density at radius 2 is 2.17 bits per heavy atom. The molecule has 1 atom stereocenters. The Morgan fingerprint density at radius 3 is 3.03 bits per heavy atom. The highest BCUT2D eigenvalue weighted by Crippen LogP contribution is 2.26. The van der Waals surface area contributed by atoms with E-state index in [0.717, 1.165) is 42.2 Å². The van der Waals surface area contributed by atoms with Gasteiger partial charge in [-0.15, -0.1) is 0 Å². The minimum Gasteiger partial charge on any atom is -0.352 e. The fourth-order valence-corrected chi connectivity index (χ4v) is 3.89. The molecule has 0 bridgehead atoms. The fourth-order valence-electron chi connectivity index (χ4n) is 3.89. The van der Waals surface area contributed by atoms with Gasteiger partial charge in [0.2, 0.25) is 0 Å². The maximum absolute atomic E-state index is 12.5. The Morgan fingerprint density at radius 1 is 1.24 bits per heavy atom. The van der Waals surface area contributed by atoms with Gasteiger partial charge in [0, 0.05) is 42.3 Å². The minimum absolute atomic E-state index is 0.110. The van der Waals surface area contributed by atoms with E-state index in [-0.39, 0.29) is 11.6 Å². The van der Waals surface area contributed by atoms with Crippen LogP contribution in [0.3, 0.4) is 0 Å². The summed E-state index contributed by atoms with van der Waals surface area (Å²) in [6.45, 7) is 3.34. The summed E-state index contributed by atoms with van der Waals surface area (Å²) in [5.74, 6) is 1.53. The maximum atomic E-state index is 12.5. The number of hydrogen-bond acceptors (Lipinski definition) is 7. The summed E-state index contributed by atoms with van der Waals surface area (Å²) in [7, 11) is 0. The Balaban J connectivity index is 1.49. The third-order valence-corrected chi connectivity index (χ3v) is 5.24. The molecule has 29 heavy (non-hydrogen) atoms. The Bertz CT molecular complexity index is 1220. The van der Waals surface area contributed by atoms with Crippen molar-refractivity contribution in [3.63, 3.8) is 0 Å². The number of aryl methyl sites for hydroxylation is 1. The Kier molecular flexibility index (Phi) is 4.27. The lowest BCUT2D eigenvalue weighted by Gasteiger charge is -2.27. The first-order chi connectivity index (χ1) is 14.2. The van der Waals surface area contributed by atoms with Crippen molar-refractivity contribution in [1.82, 2.24) is 34.3 Å². The van der Waals surface area contributed by atoms with Crippen LogP contribution >= 0.6 is 0 Å². The van der Waals surface area contributed by atoms with Crippen molar-refractivity contribution >= 4 is 11.6 Å². The molecule has 5 heterocycles. The van der Waals surface area contributed by atoms with Gasteiger partial charge in [-0.3, -0.25) is 9.78 Å². The van der Waals surface area contributed by atoms with E-state index in [0.29, 0.717) is 12.3 Å². The second-order valence-corrected chi connectivity index (χ2v) is 7.20. The maximum Gasteiger partial charge on any atom is 0.266 e. The van der Waals surface area contributed by atoms with Gasteiger partial charge in [-0.05, 0) is 38.0 Å². The molecule has 1 unspecified atom stereocenters. The number of hydrogen-bond donors (Lipinski definition) is 0. The van der Waals surface area contributed by atoms with E-state index < -0.39 is 0 Å². The van der Waals surface area contributed by atoms with Crippen LogP contribution in [0.5, 0.6) is 0 Å². The van der Waals surface area contributed by atoms with E-state index in [1.165, 1.54) is 6.33 Å². The molecule has 0 saturated carbocycles. The second-order valence-electron chi connectivity index (χ2n) is 7.20. The number of fused-ring (bicyclic) bond motifs is 1. The summed E-state index contributed by atoms with van der Waals surface area (Å²) >= 11 is 0. The summed E-state index contributed by atoms with van der Waals surface area (Å²) in [6, 6.07) is 9.27. The summed E-state index contributed by atoms with van der Waals surface area (Å²) in [5.41, 5.74) is 2.40. The first-order valence-corrected chi connectivity index (χ1v) is 9.61. The number of pyridine rings is 1. The minimum atomic E-state index is -0.110. The highest BCUT2D eigenvalue weighted by Gasteiger charge is 2.28. The van der Waals surface area contributed by atoms with Crippen molar-refractivity contribution in [2.24, 2.45) is 0 Å². The lowest BCUT2D eigenvalue weighted by Crippen LogP contribution is -2.38. The summed E-state index contributed by atoms with van der Waals surface area (Å²) < 4.78 is 3.31. The first kappa shape index (κ1) is 17.5. The highest BCUT2D eigenvalue weighted by atomic mass is 16.1. The Hall–Kier alpha value is -3.62. The number of anilines is 1. The quantitative estimate of drug-likeness (QED) is 0.525. The number of rotatable bonds is 4. The van der Waals surface area contributed by atoms with Gasteiger partial charge >= 0.3 is 0 Å². The van der Waals surface area contributed by atoms with Gasteiger partial charge in [0.15, 0.2) is 0 Å². The van der Waals surface area contributed by atoms with Crippen LogP contribution in [0, 0.1) is 6.92 Å². The predicted octanol–water partition coefficient (Wildman–Crippen LogP) is 1.72. The highest BCUT2D eigenvalue weighted by molar-refractivity contribution is 5.56. The zero-order chi connectivity index (χ0) is 19.8. The van der Waals surface area contributed by atoms with Gasteiger partial charge in [0.25, 0.3) is 11.3 Å². The molecule has 0 radical (unpaired) electrons. The number of aromatic nitrogens is 7. The van der Waals surface area contributed by atoms with E-state index in [2.05, 4.69) is 30.0 Å². The largest absolute Gasteiger partial charge is 0.352 e. The molecule has 9 heteroatoms. The third-order valence-electron chi connectivity index (χ3n) is 5.24. The van der Waals surface area contributed by atoms with Gasteiger partial charge in [0.1, 0.15) is 12.1 Å². The topological polar surface area (TPSA) is 94.1 Å². The van der Waals surface area contributed by atoms with Gasteiger partial charge in [-0.2, -0.15) is 19.7 Å². The summed E-state index contributed by atoms with van der Waals surface area (Å²) in [4.78, 5) is 27.6. The summed E-state index contributed by atoms with van der Waals surface area (Å²) in [6.07, 6.45) is 7.00. The average Bonchev–Trinajstić information content (AvgIpc) is 3.39. The molecule has 0 amide bonds. The van der Waals surface area contributed by atoms with Crippen LogP contribution in [0.15, 0.2) is 53.8 Å². The van der Waals surface area contributed by atoms with E-state index >= 15 is 0 Å². The molecule has 5 rings (SSSR count). The van der Waals surface area contributed by atoms with Gasteiger partial charge < -0.3 is 4.90 Å². The molecule has 0 aromatic carbocycles. The van der Waals surface area contributed by atoms with E-state index in [1.54, 1.807) is 33.7 Å². The van der Waals surface area contributed by atoms with Crippen LogP contribution < -0.4 is 10.5 Å². The summed E-state index contributed by atoms with van der Waals surface area (Å²) in [5, 5.41) is 8.92. The molecule has 1 aliphatic heterocycles. The molecule has 1 saturated heterocycles. The molecule has 4 aromatic rings. The van der Waals surface area contributed by atoms with Crippen LogP contribution in [0.2, 0.25) is 0 Å². The van der Waals surface area contributed by atoms with Crippen LogP contribution in [-0.4, -0.2) is 46.9 Å². The van der Waals surface area contributed by atoms with Crippen molar-refractivity contribution in [1.29, 1.82) is 0 Å². The molecule has 4 aromatic heterocycles. The molecule has 0 N–H and O–H groups in total. The van der Waals surface area contributed by atoms with Crippen LogP contribution in [0.25, 0.3) is 17.0 Å². The van der Waals surface area contributed by atoms with Crippen LogP contribution in [0.1, 0.15) is 18.5 Å². The molecule has 0 aliphatic carbocycles. The van der Waals surface area contributed by atoms with E-state index in [1.807, 2.05) is 25.1 Å². The molecular formula is C20H20N8O. The predicted molar refractivity (Wildman–Crippen MR) is 108 cm³/mol. The molecule has 1 aliphatic rings. The van der Waals surface area contributed by atoms with Crippen molar-refractivity contribution in [3.05, 3.63) is 65.1 Å². The number of nitrogens with zero attached hydrogens (tertiary/aromatic N) is 8. The monoisotopic (exact) mass is 388 g/mol. The zero-order valence-electron chi connectivity index (χ0n) is 16.0. The smallest absolute Gasteiger partial charge is 0.266 e. The molecule has 1 fully saturated rings. The fraction of sp³-hybridized carbons (Fsp3) is 0.300. The zero-order valence-corrected chi connectivity index (χ0v) is 16.0. The normalized spacial score (nSPS) is 16.6. The molecule has 9 nitrogen and oxygen atoms in total. The second kappa shape index (κ2) is 7.08. The van der Waals surface area contributed by atoms with E-state index in [4.69, 9.17) is 0 Å². The van der Waals surface area contributed by atoms with Crippen molar-refractivity contribution in [3.8, 4) is 11.3 Å². The standard InChI is InChI=1S/C20H20N8O/c1-14-10-18(28-20(24-14)22-13-23-28)26-9-3-5-16(26)12-27-19(29)7-6-17(25-27)15-4-2-8-21-11-15/h2,4,6-8,10-11,13,16H,3,5,9,12H2,1H3. The Labute approximate surface area is 166 Å². The van der Waals surface area contributed by atoms with Gasteiger partial charge in [-0.25, -0.2) is 9.67 Å². The van der Waals surface area contributed by atoms with Crippen LogP contribution in [-0.2, 0) is 6.54 Å².